The van der Waals surface area contributed by atoms with Gasteiger partial charge in [0.1, 0.15) is 23.3 Å². The highest BCUT2D eigenvalue weighted by molar-refractivity contribution is 5.74. The average Bonchev–Trinajstić information content (AvgIpc) is 2.22. The second kappa shape index (κ2) is 3.83. The van der Waals surface area contributed by atoms with Gasteiger partial charge in [-0.05, 0) is 0 Å². The lowest BCUT2D eigenvalue weighted by Crippen LogP contribution is -2.16. The number of halogens is 4. The number of alkyl halides is 3. The molecule has 0 aliphatic carbocycles. The van der Waals surface area contributed by atoms with E-state index in [-0.39, 0.29) is 0 Å². The van der Waals surface area contributed by atoms with E-state index in [1.54, 1.807) is 0 Å². The standard InChI is InChI=1S/C9H4F4N4/c10-6-4(2-15)7(16)3(1-14)5(8(6)17)9(11,12)13/h16-17H2. The van der Waals surface area contributed by atoms with E-state index in [0.29, 0.717) is 0 Å². The largest absolute Gasteiger partial charge is 0.419 e. The Hall–Kier alpha value is -2.48. The van der Waals surface area contributed by atoms with Crippen molar-refractivity contribution in [2.24, 2.45) is 0 Å². The molecule has 4 nitrogen and oxygen atoms in total. The molecule has 0 saturated heterocycles. The van der Waals surface area contributed by atoms with E-state index in [0.717, 1.165) is 0 Å². The van der Waals surface area contributed by atoms with E-state index in [1.165, 1.54) is 12.1 Å². The Morgan fingerprint density at radius 1 is 0.941 bits per heavy atom. The minimum absolute atomic E-state index is 0.867. The number of nitriles is 2. The van der Waals surface area contributed by atoms with Crippen molar-refractivity contribution < 1.29 is 17.6 Å². The highest BCUT2D eigenvalue weighted by atomic mass is 19.4. The van der Waals surface area contributed by atoms with E-state index in [9.17, 15) is 17.6 Å². The third-order valence-corrected chi connectivity index (χ3v) is 2.02. The summed E-state index contributed by atoms with van der Waals surface area (Å²) in [6.45, 7) is 0. The number of nitrogens with two attached hydrogens (primary N) is 2. The molecular formula is C9H4F4N4. The lowest BCUT2D eigenvalue weighted by Gasteiger charge is -2.15. The van der Waals surface area contributed by atoms with Crippen LogP contribution in [0.5, 0.6) is 0 Å². The normalized spacial score (nSPS) is 10.7. The fraction of sp³-hybridized carbons (Fsp3) is 0.111. The highest BCUT2D eigenvalue weighted by Gasteiger charge is 2.39. The third-order valence-electron chi connectivity index (χ3n) is 2.02. The lowest BCUT2D eigenvalue weighted by atomic mass is 9.99. The maximum atomic E-state index is 13.3. The van der Waals surface area contributed by atoms with Crippen molar-refractivity contribution in [2.45, 2.75) is 6.18 Å². The van der Waals surface area contributed by atoms with Crippen LogP contribution in [-0.2, 0) is 6.18 Å². The second-order valence-electron chi connectivity index (χ2n) is 2.99. The minimum Gasteiger partial charge on any atom is -0.396 e. The van der Waals surface area contributed by atoms with E-state index in [1.807, 2.05) is 0 Å². The molecule has 17 heavy (non-hydrogen) atoms. The molecule has 0 aliphatic rings. The van der Waals surface area contributed by atoms with Gasteiger partial charge in [-0.2, -0.15) is 23.7 Å². The van der Waals surface area contributed by atoms with Crippen molar-refractivity contribution in [1.82, 2.24) is 0 Å². The van der Waals surface area contributed by atoms with Crippen LogP contribution in [0.2, 0.25) is 0 Å². The Morgan fingerprint density at radius 3 is 1.76 bits per heavy atom. The quantitative estimate of drug-likeness (QED) is 0.536. The monoisotopic (exact) mass is 244 g/mol. The maximum Gasteiger partial charge on any atom is 0.419 e. The molecule has 0 saturated carbocycles. The molecule has 0 aliphatic heterocycles. The summed E-state index contributed by atoms with van der Waals surface area (Å²) in [6, 6.07) is 2.43. The molecule has 0 heterocycles. The van der Waals surface area contributed by atoms with Crippen molar-refractivity contribution in [3.63, 3.8) is 0 Å². The zero-order chi connectivity index (χ0) is 13.4. The Balaban J connectivity index is 3.89. The van der Waals surface area contributed by atoms with Gasteiger partial charge in [0.05, 0.1) is 16.9 Å². The molecular weight excluding hydrogens is 240 g/mol. The Bertz CT molecular complexity index is 563. The predicted molar refractivity (Wildman–Crippen MR) is 49.7 cm³/mol. The zero-order valence-corrected chi connectivity index (χ0v) is 8.06. The van der Waals surface area contributed by atoms with Crippen LogP contribution in [-0.4, -0.2) is 0 Å². The first-order valence-corrected chi connectivity index (χ1v) is 4.03. The third kappa shape index (κ3) is 1.81. The number of benzene rings is 1. The predicted octanol–water partition coefficient (Wildman–Crippen LogP) is 1.75. The van der Waals surface area contributed by atoms with Crippen LogP contribution in [0.1, 0.15) is 16.7 Å². The van der Waals surface area contributed by atoms with Gasteiger partial charge < -0.3 is 11.5 Å². The lowest BCUT2D eigenvalue weighted by molar-refractivity contribution is -0.137. The van der Waals surface area contributed by atoms with Gasteiger partial charge in [0.25, 0.3) is 0 Å². The molecule has 88 valence electrons. The van der Waals surface area contributed by atoms with Crippen LogP contribution in [0, 0.1) is 28.5 Å². The number of rotatable bonds is 0. The second-order valence-corrected chi connectivity index (χ2v) is 2.99. The molecule has 0 amide bonds. The van der Waals surface area contributed by atoms with Crippen LogP contribution in [0.25, 0.3) is 0 Å². The first-order chi connectivity index (χ1) is 7.75. The molecule has 0 aromatic heterocycles. The van der Waals surface area contributed by atoms with Gasteiger partial charge in [-0.3, -0.25) is 0 Å². The van der Waals surface area contributed by atoms with Gasteiger partial charge in [0, 0.05) is 0 Å². The van der Waals surface area contributed by atoms with Gasteiger partial charge in [0.15, 0.2) is 5.82 Å². The van der Waals surface area contributed by atoms with Crippen LogP contribution in [0.15, 0.2) is 0 Å². The van der Waals surface area contributed by atoms with Crippen molar-refractivity contribution in [3.05, 3.63) is 22.5 Å². The van der Waals surface area contributed by atoms with E-state index in [2.05, 4.69) is 0 Å². The summed E-state index contributed by atoms with van der Waals surface area (Å²) < 4.78 is 51.0. The molecule has 0 atom stereocenters. The summed E-state index contributed by atoms with van der Waals surface area (Å²) in [4.78, 5) is 0. The molecule has 8 heteroatoms. The molecule has 1 rings (SSSR count). The Morgan fingerprint density at radius 2 is 1.41 bits per heavy atom. The van der Waals surface area contributed by atoms with Crippen molar-refractivity contribution in [1.29, 1.82) is 10.5 Å². The van der Waals surface area contributed by atoms with Crippen molar-refractivity contribution >= 4 is 11.4 Å². The number of hydrogen-bond donors (Lipinski definition) is 2. The van der Waals surface area contributed by atoms with Gasteiger partial charge in [0.2, 0.25) is 0 Å². The molecule has 0 unspecified atom stereocenters. The van der Waals surface area contributed by atoms with Crippen LogP contribution in [0.4, 0.5) is 28.9 Å². The zero-order valence-electron chi connectivity index (χ0n) is 8.06. The maximum absolute atomic E-state index is 13.3. The molecule has 1 aromatic rings. The molecule has 0 bridgehead atoms. The van der Waals surface area contributed by atoms with Gasteiger partial charge in [-0.1, -0.05) is 0 Å². The first kappa shape index (κ1) is 12.6. The average molecular weight is 244 g/mol. The number of nitrogen functional groups attached to an aromatic ring is 2. The van der Waals surface area contributed by atoms with Crippen molar-refractivity contribution in [3.8, 4) is 12.1 Å². The molecule has 0 spiro atoms. The van der Waals surface area contributed by atoms with Crippen LogP contribution >= 0.6 is 0 Å². The molecule has 1 aromatic carbocycles. The fourth-order valence-corrected chi connectivity index (χ4v) is 1.28. The minimum atomic E-state index is -5.03. The number of anilines is 2. The van der Waals surface area contributed by atoms with Gasteiger partial charge >= 0.3 is 6.18 Å². The Kier molecular flexibility index (Phi) is 2.84. The van der Waals surface area contributed by atoms with Crippen LogP contribution in [0.3, 0.4) is 0 Å². The number of hydrogen-bond acceptors (Lipinski definition) is 4. The molecule has 0 radical (unpaired) electrons. The smallest absolute Gasteiger partial charge is 0.396 e. The van der Waals surface area contributed by atoms with E-state index < -0.39 is 40.1 Å². The van der Waals surface area contributed by atoms with Gasteiger partial charge in [-0.25, -0.2) is 4.39 Å². The summed E-state index contributed by atoms with van der Waals surface area (Å²) >= 11 is 0. The van der Waals surface area contributed by atoms with Crippen LogP contribution < -0.4 is 11.5 Å². The Labute approximate surface area is 92.7 Å². The van der Waals surface area contributed by atoms with Crippen molar-refractivity contribution in [2.75, 3.05) is 11.5 Å². The SMILES string of the molecule is N#Cc1c(N)c(C#N)c(C(F)(F)F)c(N)c1F. The highest BCUT2D eigenvalue weighted by Crippen LogP contribution is 2.41. The summed E-state index contributed by atoms with van der Waals surface area (Å²) in [5, 5.41) is 17.1. The summed E-state index contributed by atoms with van der Waals surface area (Å²) in [5.74, 6) is -1.57. The van der Waals surface area contributed by atoms with E-state index in [4.69, 9.17) is 22.0 Å². The molecule has 4 N–H and O–H groups in total. The summed E-state index contributed by atoms with van der Waals surface area (Å²) in [5.41, 5.74) is 4.32. The topological polar surface area (TPSA) is 99.6 Å². The first-order valence-electron chi connectivity index (χ1n) is 4.03. The van der Waals surface area contributed by atoms with Gasteiger partial charge in [-0.15, -0.1) is 0 Å². The number of nitrogens with zero attached hydrogens (tertiary/aromatic N) is 2. The summed E-state index contributed by atoms with van der Waals surface area (Å²) in [7, 11) is 0. The van der Waals surface area contributed by atoms with E-state index >= 15 is 0 Å². The fourth-order valence-electron chi connectivity index (χ4n) is 1.28. The molecule has 0 fully saturated rings. The summed E-state index contributed by atoms with van der Waals surface area (Å²) in [6.07, 6.45) is -5.03.